The maximum atomic E-state index is 12.6. The van der Waals surface area contributed by atoms with Crippen LogP contribution in [0, 0.1) is 0 Å². The van der Waals surface area contributed by atoms with Crippen LogP contribution in [0.1, 0.15) is 28.4 Å². The molecule has 3 rings (SSSR count). The summed E-state index contributed by atoms with van der Waals surface area (Å²) >= 11 is 12.1. The average Bonchev–Trinajstić information content (AvgIpc) is 3.13. The van der Waals surface area contributed by atoms with Crippen LogP contribution in [0.25, 0.3) is 0 Å². The molecule has 2 aromatic rings. The number of halogens is 2. The Morgan fingerprint density at radius 2 is 1.89 bits per heavy atom. The van der Waals surface area contributed by atoms with Gasteiger partial charge in [-0.05, 0) is 42.3 Å². The van der Waals surface area contributed by atoms with Gasteiger partial charge in [-0.1, -0.05) is 35.3 Å². The third kappa shape index (κ3) is 4.59. The molecule has 142 valence electrons. The van der Waals surface area contributed by atoms with E-state index < -0.39 is 6.04 Å². The van der Waals surface area contributed by atoms with Gasteiger partial charge in [0.25, 0.3) is 5.91 Å². The van der Waals surface area contributed by atoms with Crippen LogP contribution in [-0.4, -0.2) is 36.9 Å². The SMILES string of the molecule is CN(C)C(=O)c1cc(NC(=O)C2CC(c3cccc(Cl)c3)NN2)ccc1Cl. The van der Waals surface area contributed by atoms with Gasteiger partial charge in [0.1, 0.15) is 6.04 Å². The Kier molecular flexibility index (Phi) is 6.01. The van der Waals surface area contributed by atoms with Crippen molar-refractivity contribution in [3.8, 4) is 0 Å². The predicted molar refractivity (Wildman–Crippen MR) is 107 cm³/mol. The number of carbonyl (C=O) groups excluding carboxylic acids is 2. The van der Waals surface area contributed by atoms with Gasteiger partial charge in [-0.25, -0.2) is 10.9 Å². The molecule has 0 bridgehead atoms. The van der Waals surface area contributed by atoms with Crippen LogP contribution in [0.4, 0.5) is 5.69 Å². The van der Waals surface area contributed by atoms with Crippen molar-refractivity contribution in [1.29, 1.82) is 0 Å². The Morgan fingerprint density at radius 1 is 1.11 bits per heavy atom. The normalized spacial score (nSPS) is 19.0. The van der Waals surface area contributed by atoms with Gasteiger partial charge in [0.05, 0.1) is 10.6 Å². The van der Waals surface area contributed by atoms with E-state index in [1.54, 1.807) is 32.3 Å². The number of benzene rings is 2. The van der Waals surface area contributed by atoms with Gasteiger partial charge in [0.15, 0.2) is 0 Å². The molecular weight excluding hydrogens is 387 g/mol. The molecule has 2 unspecified atom stereocenters. The van der Waals surface area contributed by atoms with Gasteiger partial charge in [0, 0.05) is 30.8 Å². The van der Waals surface area contributed by atoms with E-state index in [1.807, 2.05) is 24.3 Å². The highest BCUT2D eigenvalue weighted by atomic mass is 35.5. The molecule has 1 aliphatic rings. The van der Waals surface area contributed by atoms with Gasteiger partial charge in [0.2, 0.25) is 5.91 Å². The molecule has 1 fully saturated rings. The van der Waals surface area contributed by atoms with Crippen LogP contribution in [-0.2, 0) is 4.79 Å². The number of nitrogens with one attached hydrogen (secondary N) is 3. The Hall–Kier alpha value is -2.12. The highest BCUT2D eigenvalue weighted by Crippen LogP contribution is 2.26. The summed E-state index contributed by atoms with van der Waals surface area (Å²) < 4.78 is 0. The lowest BCUT2D eigenvalue weighted by Crippen LogP contribution is -2.39. The number of carbonyl (C=O) groups is 2. The molecule has 2 atom stereocenters. The predicted octanol–water partition coefficient (Wildman–Crippen LogP) is 3.24. The lowest BCUT2D eigenvalue weighted by atomic mass is 10.0. The second-order valence-corrected chi connectivity index (χ2v) is 7.41. The van der Waals surface area contributed by atoms with Crippen LogP contribution >= 0.6 is 23.2 Å². The van der Waals surface area contributed by atoms with E-state index in [9.17, 15) is 9.59 Å². The number of anilines is 1. The fourth-order valence-corrected chi connectivity index (χ4v) is 3.30. The second kappa shape index (κ2) is 8.27. The van der Waals surface area contributed by atoms with E-state index in [0.717, 1.165) is 5.56 Å². The van der Waals surface area contributed by atoms with Crippen molar-refractivity contribution in [2.75, 3.05) is 19.4 Å². The van der Waals surface area contributed by atoms with E-state index in [0.29, 0.717) is 27.7 Å². The molecule has 1 heterocycles. The van der Waals surface area contributed by atoms with Gasteiger partial charge in [-0.3, -0.25) is 9.59 Å². The Labute approximate surface area is 167 Å². The number of amides is 2. The Balaban J connectivity index is 1.68. The zero-order valence-electron chi connectivity index (χ0n) is 14.9. The lowest BCUT2D eigenvalue weighted by Gasteiger charge is -2.14. The largest absolute Gasteiger partial charge is 0.345 e. The number of nitrogens with zero attached hydrogens (tertiary/aromatic N) is 1. The van der Waals surface area contributed by atoms with E-state index in [4.69, 9.17) is 23.2 Å². The highest BCUT2D eigenvalue weighted by Gasteiger charge is 2.30. The summed E-state index contributed by atoms with van der Waals surface area (Å²) in [5.74, 6) is -0.421. The van der Waals surface area contributed by atoms with Crippen LogP contribution < -0.4 is 16.2 Å². The third-order valence-corrected chi connectivity index (χ3v) is 4.91. The summed E-state index contributed by atoms with van der Waals surface area (Å²) in [6.07, 6.45) is 0.573. The van der Waals surface area contributed by atoms with Gasteiger partial charge >= 0.3 is 0 Å². The molecule has 8 heteroatoms. The molecule has 1 saturated heterocycles. The number of hydrogen-bond donors (Lipinski definition) is 3. The van der Waals surface area contributed by atoms with Crippen molar-refractivity contribution in [2.24, 2.45) is 0 Å². The summed E-state index contributed by atoms with van der Waals surface area (Å²) in [6.45, 7) is 0. The molecule has 0 radical (unpaired) electrons. The third-order valence-electron chi connectivity index (χ3n) is 4.34. The highest BCUT2D eigenvalue weighted by molar-refractivity contribution is 6.34. The molecular formula is C19H20Cl2N4O2. The summed E-state index contributed by atoms with van der Waals surface area (Å²) in [5, 5.41) is 3.83. The van der Waals surface area contributed by atoms with Crippen molar-refractivity contribution < 1.29 is 9.59 Å². The summed E-state index contributed by atoms with van der Waals surface area (Å²) in [7, 11) is 3.29. The molecule has 3 N–H and O–H groups in total. The standard InChI is InChI=1S/C19H20Cl2N4O2/c1-25(2)19(27)14-9-13(6-7-15(14)21)22-18(26)17-10-16(23-24-17)11-4-3-5-12(20)8-11/h3-9,16-17,23-24H,10H2,1-2H3,(H,22,26). The van der Waals surface area contributed by atoms with Crippen LogP contribution in [0.15, 0.2) is 42.5 Å². The van der Waals surface area contributed by atoms with E-state index >= 15 is 0 Å². The minimum absolute atomic E-state index is 0.0180. The molecule has 27 heavy (non-hydrogen) atoms. The number of hydrogen-bond acceptors (Lipinski definition) is 4. The van der Waals surface area contributed by atoms with Crippen molar-refractivity contribution in [1.82, 2.24) is 15.8 Å². The molecule has 0 spiro atoms. The Bertz CT molecular complexity index is 873. The summed E-state index contributed by atoms with van der Waals surface area (Å²) in [4.78, 5) is 26.2. The topological polar surface area (TPSA) is 73.5 Å². The van der Waals surface area contributed by atoms with Crippen LogP contribution in [0.3, 0.4) is 0 Å². The minimum atomic E-state index is -0.419. The van der Waals surface area contributed by atoms with Crippen LogP contribution in [0.2, 0.25) is 10.0 Å². The smallest absolute Gasteiger partial charge is 0.254 e. The second-order valence-electron chi connectivity index (χ2n) is 6.57. The van der Waals surface area contributed by atoms with Crippen molar-refractivity contribution >= 4 is 40.7 Å². The van der Waals surface area contributed by atoms with Crippen molar-refractivity contribution in [3.05, 3.63) is 63.6 Å². The monoisotopic (exact) mass is 406 g/mol. The molecule has 0 saturated carbocycles. The maximum Gasteiger partial charge on any atom is 0.254 e. The average molecular weight is 407 g/mol. The first kappa shape index (κ1) is 19.6. The molecule has 2 aromatic carbocycles. The molecule has 6 nitrogen and oxygen atoms in total. The zero-order valence-corrected chi connectivity index (χ0v) is 16.4. The molecule has 0 aromatic heterocycles. The molecule has 0 aliphatic carbocycles. The summed E-state index contributed by atoms with van der Waals surface area (Å²) in [5.41, 5.74) is 7.99. The van der Waals surface area contributed by atoms with Crippen molar-refractivity contribution in [3.63, 3.8) is 0 Å². The molecule has 1 aliphatic heterocycles. The van der Waals surface area contributed by atoms with Crippen LogP contribution in [0.5, 0.6) is 0 Å². The van der Waals surface area contributed by atoms with Gasteiger partial charge < -0.3 is 10.2 Å². The first-order chi connectivity index (χ1) is 12.8. The van der Waals surface area contributed by atoms with Crippen molar-refractivity contribution in [2.45, 2.75) is 18.5 Å². The Morgan fingerprint density at radius 3 is 2.59 bits per heavy atom. The lowest BCUT2D eigenvalue weighted by molar-refractivity contribution is -0.117. The summed E-state index contributed by atoms with van der Waals surface area (Å²) in [6, 6.07) is 11.9. The minimum Gasteiger partial charge on any atom is -0.345 e. The van der Waals surface area contributed by atoms with E-state index in [1.165, 1.54) is 4.90 Å². The number of hydrazine groups is 1. The fourth-order valence-electron chi connectivity index (χ4n) is 2.91. The first-order valence-electron chi connectivity index (χ1n) is 8.43. The molecule has 2 amide bonds. The zero-order chi connectivity index (χ0) is 19.6. The van der Waals surface area contributed by atoms with E-state index in [-0.39, 0.29) is 17.9 Å². The van der Waals surface area contributed by atoms with E-state index in [2.05, 4.69) is 16.2 Å². The van der Waals surface area contributed by atoms with Gasteiger partial charge in [-0.15, -0.1) is 0 Å². The number of rotatable bonds is 4. The quantitative estimate of drug-likeness (QED) is 0.728. The maximum absolute atomic E-state index is 12.6. The fraction of sp³-hybridized carbons (Fsp3) is 0.263. The first-order valence-corrected chi connectivity index (χ1v) is 9.19. The van der Waals surface area contributed by atoms with Gasteiger partial charge in [-0.2, -0.15) is 0 Å².